The van der Waals surface area contributed by atoms with E-state index >= 15 is 0 Å². The first-order chi connectivity index (χ1) is 13.6. The number of benzene rings is 2. The van der Waals surface area contributed by atoms with Gasteiger partial charge >= 0.3 is 0 Å². The van der Waals surface area contributed by atoms with Crippen molar-refractivity contribution in [2.24, 2.45) is 0 Å². The smallest absolute Gasteiger partial charge is 0.254 e. The molecule has 0 bridgehead atoms. The van der Waals surface area contributed by atoms with E-state index in [9.17, 15) is 4.79 Å². The van der Waals surface area contributed by atoms with Crippen LogP contribution < -0.4 is 14.2 Å². The Morgan fingerprint density at radius 3 is 2.21 bits per heavy atom. The Kier molecular flexibility index (Phi) is 5.78. The molecule has 8 nitrogen and oxygen atoms in total. The fourth-order valence-electron chi connectivity index (χ4n) is 2.71. The van der Waals surface area contributed by atoms with Crippen molar-refractivity contribution in [3.8, 4) is 28.7 Å². The molecule has 28 heavy (non-hydrogen) atoms. The van der Waals surface area contributed by atoms with Crippen LogP contribution in [0.15, 0.2) is 46.9 Å². The minimum Gasteiger partial charge on any atom is -0.493 e. The van der Waals surface area contributed by atoms with Crippen LogP contribution in [-0.4, -0.2) is 49.4 Å². The largest absolute Gasteiger partial charge is 0.493 e. The van der Waals surface area contributed by atoms with Crippen LogP contribution >= 0.6 is 0 Å². The van der Waals surface area contributed by atoms with E-state index in [-0.39, 0.29) is 12.5 Å². The normalized spacial score (nSPS) is 10.4. The second kappa shape index (κ2) is 8.43. The predicted octanol–water partition coefficient (Wildman–Crippen LogP) is 3.03. The van der Waals surface area contributed by atoms with Crippen molar-refractivity contribution < 1.29 is 23.4 Å². The van der Waals surface area contributed by atoms with Crippen LogP contribution in [0.25, 0.3) is 11.5 Å². The van der Waals surface area contributed by atoms with Gasteiger partial charge in [-0.3, -0.25) is 4.79 Å². The van der Waals surface area contributed by atoms with Gasteiger partial charge < -0.3 is 23.5 Å². The van der Waals surface area contributed by atoms with Crippen molar-refractivity contribution in [1.29, 1.82) is 0 Å². The lowest BCUT2D eigenvalue weighted by Gasteiger charge is -2.18. The Morgan fingerprint density at radius 1 is 1.00 bits per heavy atom. The van der Waals surface area contributed by atoms with Gasteiger partial charge in [0.2, 0.25) is 17.5 Å². The molecule has 0 atom stereocenters. The first-order valence-corrected chi connectivity index (χ1v) is 8.50. The number of carbonyl (C=O) groups excluding carboxylic acids is 1. The van der Waals surface area contributed by atoms with Gasteiger partial charge in [-0.15, -0.1) is 10.2 Å². The van der Waals surface area contributed by atoms with Gasteiger partial charge in [-0.05, 0) is 24.3 Å². The van der Waals surface area contributed by atoms with Gasteiger partial charge in [-0.1, -0.05) is 18.2 Å². The van der Waals surface area contributed by atoms with Crippen molar-refractivity contribution in [3.63, 3.8) is 0 Å². The molecule has 0 fully saturated rings. The van der Waals surface area contributed by atoms with Crippen molar-refractivity contribution in [2.45, 2.75) is 6.54 Å². The minimum atomic E-state index is -0.251. The van der Waals surface area contributed by atoms with E-state index in [1.54, 1.807) is 19.2 Å². The maximum atomic E-state index is 12.8. The zero-order chi connectivity index (χ0) is 20.1. The second-order valence-electron chi connectivity index (χ2n) is 5.94. The molecular formula is C20H21N3O5. The Bertz CT molecular complexity index is 930. The molecule has 2 aromatic carbocycles. The third-order valence-corrected chi connectivity index (χ3v) is 4.12. The summed E-state index contributed by atoms with van der Waals surface area (Å²) in [6.45, 7) is 0.162. The molecule has 3 aromatic rings. The third kappa shape index (κ3) is 3.90. The SMILES string of the molecule is COc1cc(C(=O)N(C)Cc2nnc(-c3ccccc3)o2)cc(OC)c1OC. The Morgan fingerprint density at radius 2 is 1.64 bits per heavy atom. The molecule has 146 valence electrons. The molecule has 0 N–H and O–H groups in total. The van der Waals surface area contributed by atoms with Crippen molar-refractivity contribution >= 4 is 5.91 Å². The molecule has 0 unspecified atom stereocenters. The van der Waals surface area contributed by atoms with Crippen LogP contribution in [0.3, 0.4) is 0 Å². The van der Waals surface area contributed by atoms with E-state index in [1.807, 2.05) is 30.3 Å². The first kappa shape index (κ1) is 19.2. The van der Waals surface area contributed by atoms with Crippen LogP contribution in [-0.2, 0) is 6.54 Å². The lowest BCUT2D eigenvalue weighted by molar-refractivity contribution is 0.0772. The summed E-state index contributed by atoms with van der Waals surface area (Å²) in [5, 5.41) is 8.06. The van der Waals surface area contributed by atoms with Gasteiger partial charge in [0.05, 0.1) is 27.9 Å². The van der Waals surface area contributed by atoms with Crippen LogP contribution in [0.1, 0.15) is 16.2 Å². The number of rotatable bonds is 7. The standard InChI is InChI=1S/C20H21N3O5/c1-23(12-17-21-22-19(28-17)13-8-6-5-7-9-13)20(24)14-10-15(25-2)18(27-4)16(11-14)26-3/h5-11H,12H2,1-4H3. The van der Waals surface area contributed by atoms with Gasteiger partial charge in [-0.2, -0.15) is 0 Å². The molecular weight excluding hydrogens is 362 g/mol. The van der Waals surface area contributed by atoms with Gasteiger partial charge in [-0.25, -0.2) is 0 Å². The highest BCUT2D eigenvalue weighted by Crippen LogP contribution is 2.38. The molecule has 0 aliphatic rings. The maximum Gasteiger partial charge on any atom is 0.254 e. The molecule has 1 amide bonds. The number of hydrogen-bond donors (Lipinski definition) is 0. The van der Waals surface area contributed by atoms with E-state index in [0.717, 1.165) is 5.56 Å². The molecule has 1 aromatic heterocycles. The number of methoxy groups -OCH3 is 3. The van der Waals surface area contributed by atoms with Crippen molar-refractivity contribution in [2.75, 3.05) is 28.4 Å². The van der Waals surface area contributed by atoms with Crippen LogP contribution in [0.2, 0.25) is 0 Å². The van der Waals surface area contributed by atoms with Crippen LogP contribution in [0, 0.1) is 0 Å². The summed E-state index contributed by atoms with van der Waals surface area (Å²) >= 11 is 0. The highest BCUT2D eigenvalue weighted by molar-refractivity contribution is 5.95. The summed E-state index contributed by atoms with van der Waals surface area (Å²) in [7, 11) is 6.16. The van der Waals surface area contributed by atoms with E-state index in [1.165, 1.54) is 26.2 Å². The number of carbonyl (C=O) groups is 1. The summed E-state index contributed by atoms with van der Waals surface area (Å²) in [6.07, 6.45) is 0. The molecule has 8 heteroatoms. The highest BCUT2D eigenvalue weighted by atomic mass is 16.5. The number of ether oxygens (including phenoxy) is 3. The van der Waals surface area contributed by atoms with Crippen molar-refractivity contribution in [1.82, 2.24) is 15.1 Å². The van der Waals surface area contributed by atoms with E-state index < -0.39 is 0 Å². The Balaban J connectivity index is 1.79. The lowest BCUT2D eigenvalue weighted by Crippen LogP contribution is -2.26. The van der Waals surface area contributed by atoms with Gasteiger partial charge in [0.25, 0.3) is 5.91 Å². The number of amides is 1. The summed E-state index contributed by atoms with van der Waals surface area (Å²) in [4.78, 5) is 14.3. The zero-order valence-electron chi connectivity index (χ0n) is 16.1. The van der Waals surface area contributed by atoms with E-state index in [4.69, 9.17) is 18.6 Å². The average Bonchev–Trinajstić information content (AvgIpc) is 3.21. The fourth-order valence-corrected chi connectivity index (χ4v) is 2.71. The quantitative estimate of drug-likeness (QED) is 0.620. The van der Waals surface area contributed by atoms with E-state index in [2.05, 4.69) is 10.2 Å². The fraction of sp³-hybridized carbons (Fsp3) is 0.250. The van der Waals surface area contributed by atoms with Crippen LogP contribution in [0.4, 0.5) is 0 Å². The maximum absolute atomic E-state index is 12.8. The number of nitrogens with zero attached hydrogens (tertiary/aromatic N) is 3. The zero-order valence-corrected chi connectivity index (χ0v) is 16.1. The lowest BCUT2D eigenvalue weighted by atomic mass is 10.1. The predicted molar refractivity (Wildman–Crippen MR) is 102 cm³/mol. The molecule has 0 spiro atoms. The molecule has 3 rings (SSSR count). The average molecular weight is 383 g/mol. The molecule has 1 heterocycles. The molecule has 0 aliphatic carbocycles. The Hall–Kier alpha value is -3.55. The van der Waals surface area contributed by atoms with Crippen LogP contribution in [0.5, 0.6) is 17.2 Å². The van der Waals surface area contributed by atoms with Gasteiger partial charge in [0, 0.05) is 18.2 Å². The highest BCUT2D eigenvalue weighted by Gasteiger charge is 2.21. The third-order valence-electron chi connectivity index (χ3n) is 4.12. The number of hydrogen-bond acceptors (Lipinski definition) is 7. The molecule has 0 radical (unpaired) electrons. The van der Waals surface area contributed by atoms with E-state index in [0.29, 0.717) is 34.6 Å². The van der Waals surface area contributed by atoms with Gasteiger partial charge in [0.1, 0.15) is 0 Å². The monoisotopic (exact) mass is 383 g/mol. The molecule has 0 aliphatic heterocycles. The minimum absolute atomic E-state index is 0.162. The molecule has 0 saturated heterocycles. The topological polar surface area (TPSA) is 86.9 Å². The summed E-state index contributed by atoms with van der Waals surface area (Å²) < 4.78 is 21.6. The van der Waals surface area contributed by atoms with Crippen molar-refractivity contribution in [3.05, 3.63) is 53.9 Å². The van der Waals surface area contributed by atoms with Gasteiger partial charge in [0.15, 0.2) is 11.5 Å². The second-order valence-corrected chi connectivity index (χ2v) is 5.94. The molecule has 0 saturated carbocycles. The Labute approximate surface area is 162 Å². The first-order valence-electron chi connectivity index (χ1n) is 8.50. The summed E-state index contributed by atoms with van der Waals surface area (Å²) in [6, 6.07) is 12.6. The number of aromatic nitrogens is 2. The summed E-state index contributed by atoms with van der Waals surface area (Å²) in [5.41, 5.74) is 1.21. The summed E-state index contributed by atoms with van der Waals surface area (Å²) in [5.74, 6) is 1.73.